The smallest absolute Gasteiger partial charge is 0.316 e. The van der Waals surface area contributed by atoms with Crippen molar-refractivity contribution in [2.24, 2.45) is 5.73 Å². The van der Waals surface area contributed by atoms with Crippen LogP contribution in [0.4, 0.5) is 10.5 Å². The van der Waals surface area contributed by atoms with Crippen LogP contribution in [-0.4, -0.2) is 47.9 Å². The molecule has 6 heteroatoms. The lowest BCUT2D eigenvalue weighted by Gasteiger charge is -2.39. The Bertz CT molecular complexity index is 992. The van der Waals surface area contributed by atoms with Crippen LogP contribution in [0, 0.1) is 0 Å². The Morgan fingerprint density at radius 3 is 1.90 bits per heavy atom. The molecule has 1 aliphatic rings. The molecule has 1 fully saturated rings. The lowest BCUT2D eigenvalue weighted by molar-refractivity contribution is 0.0597. The second-order valence-corrected chi connectivity index (χ2v) is 7.62. The van der Waals surface area contributed by atoms with E-state index in [-0.39, 0.29) is 11.9 Å². The molecule has 3 amide bonds. The van der Waals surface area contributed by atoms with Gasteiger partial charge in [-0.05, 0) is 29.3 Å². The Morgan fingerprint density at radius 2 is 1.35 bits per heavy atom. The number of nitrogens with zero attached hydrogens (tertiary/aromatic N) is 2. The van der Waals surface area contributed by atoms with E-state index in [1.165, 1.54) is 11.1 Å². The molecule has 31 heavy (non-hydrogen) atoms. The van der Waals surface area contributed by atoms with Gasteiger partial charge in [-0.25, -0.2) is 4.79 Å². The zero-order valence-corrected chi connectivity index (χ0v) is 17.3. The fourth-order valence-electron chi connectivity index (χ4n) is 4.12. The molecule has 158 valence electrons. The van der Waals surface area contributed by atoms with E-state index in [1.54, 1.807) is 24.3 Å². The molecule has 3 aromatic carbocycles. The summed E-state index contributed by atoms with van der Waals surface area (Å²) in [6, 6.07) is 27.4. The van der Waals surface area contributed by atoms with E-state index in [0.717, 1.165) is 13.1 Å². The quantitative estimate of drug-likeness (QED) is 0.668. The minimum Gasteiger partial charge on any atom is -0.351 e. The zero-order chi connectivity index (χ0) is 21.6. The number of benzene rings is 3. The molecule has 1 aliphatic heterocycles. The van der Waals surface area contributed by atoms with E-state index in [0.29, 0.717) is 24.3 Å². The lowest BCUT2D eigenvalue weighted by Crippen LogP contribution is -2.49. The molecular formula is C25H26N4O2. The maximum Gasteiger partial charge on any atom is 0.316 e. The molecule has 0 aromatic heterocycles. The van der Waals surface area contributed by atoms with Gasteiger partial charge >= 0.3 is 6.03 Å². The van der Waals surface area contributed by atoms with Crippen molar-refractivity contribution in [3.8, 4) is 0 Å². The first-order chi connectivity index (χ1) is 15.1. The first kappa shape index (κ1) is 20.6. The molecule has 4 rings (SSSR count). The number of nitrogens with two attached hydrogens (primary N) is 1. The molecule has 0 spiro atoms. The van der Waals surface area contributed by atoms with Crippen LogP contribution in [0.15, 0.2) is 84.9 Å². The van der Waals surface area contributed by atoms with Crippen molar-refractivity contribution in [2.75, 3.05) is 31.5 Å². The molecule has 0 radical (unpaired) electrons. The monoisotopic (exact) mass is 414 g/mol. The Balaban J connectivity index is 1.48. The van der Waals surface area contributed by atoms with Crippen LogP contribution in [0.5, 0.6) is 0 Å². The molecule has 1 heterocycles. The fraction of sp³-hybridized carbons (Fsp3) is 0.200. The van der Waals surface area contributed by atoms with Crippen LogP contribution in [-0.2, 0) is 0 Å². The SMILES string of the molecule is NC(=O)Nc1cccc(C(=O)N2CCN(C(c3ccccc3)c3ccccc3)CC2)c1. The van der Waals surface area contributed by atoms with Crippen molar-refractivity contribution < 1.29 is 9.59 Å². The highest BCUT2D eigenvalue weighted by Gasteiger charge is 2.28. The summed E-state index contributed by atoms with van der Waals surface area (Å²) in [4.78, 5) is 28.4. The summed E-state index contributed by atoms with van der Waals surface area (Å²) in [6.07, 6.45) is 0. The van der Waals surface area contributed by atoms with Crippen molar-refractivity contribution in [3.05, 3.63) is 102 Å². The predicted octanol–water partition coefficient (Wildman–Crippen LogP) is 3.72. The number of piperazine rings is 1. The minimum atomic E-state index is -0.647. The van der Waals surface area contributed by atoms with Gasteiger partial charge in [0.1, 0.15) is 0 Å². The summed E-state index contributed by atoms with van der Waals surface area (Å²) in [5.41, 5.74) is 8.74. The summed E-state index contributed by atoms with van der Waals surface area (Å²) in [7, 11) is 0. The van der Waals surface area contributed by atoms with E-state index in [2.05, 4.69) is 58.7 Å². The number of carbonyl (C=O) groups is 2. The third-order valence-corrected chi connectivity index (χ3v) is 5.57. The van der Waals surface area contributed by atoms with Gasteiger partial charge in [0.15, 0.2) is 0 Å². The van der Waals surface area contributed by atoms with Crippen molar-refractivity contribution in [2.45, 2.75) is 6.04 Å². The molecule has 3 N–H and O–H groups in total. The number of hydrogen-bond donors (Lipinski definition) is 2. The van der Waals surface area contributed by atoms with Crippen molar-refractivity contribution in [3.63, 3.8) is 0 Å². The fourth-order valence-corrected chi connectivity index (χ4v) is 4.12. The average molecular weight is 415 g/mol. The normalized spacial score (nSPS) is 14.4. The number of urea groups is 1. The molecule has 0 aliphatic carbocycles. The van der Waals surface area contributed by atoms with Gasteiger partial charge in [-0.15, -0.1) is 0 Å². The lowest BCUT2D eigenvalue weighted by atomic mass is 9.96. The molecule has 0 atom stereocenters. The topological polar surface area (TPSA) is 78.7 Å². The van der Waals surface area contributed by atoms with Crippen molar-refractivity contribution >= 4 is 17.6 Å². The maximum atomic E-state index is 13.0. The van der Waals surface area contributed by atoms with Crippen LogP contribution in [0.25, 0.3) is 0 Å². The van der Waals surface area contributed by atoms with Crippen molar-refractivity contribution in [1.82, 2.24) is 9.80 Å². The summed E-state index contributed by atoms with van der Waals surface area (Å²) in [6.45, 7) is 2.84. The van der Waals surface area contributed by atoms with E-state index in [4.69, 9.17) is 5.73 Å². The first-order valence-electron chi connectivity index (χ1n) is 10.4. The standard InChI is InChI=1S/C25H26N4O2/c26-25(31)27-22-13-7-12-21(18-22)24(30)29-16-14-28(15-17-29)23(19-8-3-1-4-9-19)20-10-5-2-6-11-20/h1-13,18,23H,14-17H2,(H3,26,27,31). The van der Waals surface area contributed by atoms with Crippen LogP contribution in [0.3, 0.4) is 0 Å². The van der Waals surface area contributed by atoms with E-state index >= 15 is 0 Å². The number of primary amides is 1. The highest BCUT2D eigenvalue weighted by molar-refractivity contribution is 5.96. The van der Waals surface area contributed by atoms with E-state index < -0.39 is 6.03 Å². The number of nitrogens with one attached hydrogen (secondary N) is 1. The second kappa shape index (κ2) is 9.45. The molecule has 0 saturated carbocycles. The molecule has 0 bridgehead atoms. The number of carbonyl (C=O) groups excluding carboxylic acids is 2. The Labute approximate surface area is 182 Å². The van der Waals surface area contributed by atoms with Gasteiger partial charge in [-0.1, -0.05) is 66.7 Å². The van der Waals surface area contributed by atoms with Gasteiger partial charge in [0.2, 0.25) is 0 Å². The van der Waals surface area contributed by atoms with Gasteiger partial charge in [-0.3, -0.25) is 9.69 Å². The maximum absolute atomic E-state index is 13.0. The number of rotatable bonds is 5. The number of hydrogen-bond acceptors (Lipinski definition) is 3. The summed E-state index contributed by atoms with van der Waals surface area (Å²) in [5.74, 6) is -0.0382. The Kier molecular flexibility index (Phi) is 6.29. The summed E-state index contributed by atoms with van der Waals surface area (Å²) in [5, 5.41) is 2.52. The Hall–Kier alpha value is -3.64. The van der Waals surface area contributed by atoms with E-state index in [1.807, 2.05) is 17.0 Å². The number of anilines is 1. The third kappa shape index (κ3) is 4.92. The largest absolute Gasteiger partial charge is 0.351 e. The highest BCUT2D eigenvalue weighted by Crippen LogP contribution is 2.29. The van der Waals surface area contributed by atoms with Crippen LogP contribution >= 0.6 is 0 Å². The second-order valence-electron chi connectivity index (χ2n) is 7.62. The number of amides is 3. The van der Waals surface area contributed by atoms with Crippen molar-refractivity contribution in [1.29, 1.82) is 0 Å². The molecule has 1 saturated heterocycles. The molecule has 0 unspecified atom stereocenters. The minimum absolute atomic E-state index is 0.0382. The predicted molar refractivity (Wildman–Crippen MR) is 122 cm³/mol. The molecule has 6 nitrogen and oxygen atoms in total. The zero-order valence-electron chi connectivity index (χ0n) is 17.3. The third-order valence-electron chi connectivity index (χ3n) is 5.57. The van der Waals surface area contributed by atoms with Gasteiger partial charge < -0.3 is 16.0 Å². The van der Waals surface area contributed by atoms with Crippen LogP contribution in [0.1, 0.15) is 27.5 Å². The first-order valence-corrected chi connectivity index (χ1v) is 10.4. The summed E-state index contributed by atoms with van der Waals surface area (Å²) >= 11 is 0. The summed E-state index contributed by atoms with van der Waals surface area (Å²) < 4.78 is 0. The van der Waals surface area contributed by atoms with Gasteiger partial charge in [-0.2, -0.15) is 0 Å². The van der Waals surface area contributed by atoms with Gasteiger partial charge in [0.05, 0.1) is 6.04 Å². The highest BCUT2D eigenvalue weighted by atomic mass is 16.2. The van der Waals surface area contributed by atoms with Gasteiger partial charge in [0, 0.05) is 37.4 Å². The van der Waals surface area contributed by atoms with E-state index in [9.17, 15) is 9.59 Å². The molecular weight excluding hydrogens is 388 g/mol. The molecule has 3 aromatic rings. The average Bonchev–Trinajstić information content (AvgIpc) is 2.80. The Morgan fingerprint density at radius 1 is 0.774 bits per heavy atom. The van der Waals surface area contributed by atoms with Crippen LogP contribution < -0.4 is 11.1 Å². The van der Waals surface area contributed by atoms with Crippen LogP contribution in [0.2, 0.25) is 0 Å². The van der Waals surface area contributed by atoms with Gasteiger partial charge in [0.25, 0.3) is 5.91 Å².